The van der Waals surface area contributed by atoms with Crippen molar-refractivity contribution >= 4 is 5.97 Å². The molecule has 88 valence electrons. The van der Waals surface area contributed by atoms with Gasteiger partial charge in [-0.25, -0.2) is 0 Å². The minimum absolute atomic E-state index is 0.121. The summed E-state index contributed by atoms with van der Waals surface area (Å²) >= 11 is 0. The summed E-state index contributed by atoms with van der Waals surface area (Å²) in [7, 11) is 1.45. The number of ether oxygens (including phenoxy) is 1. The fourth-order valence-electron chi connectivity index (χ4n) is 2.20. The van der Waals surface area contributed by atoms with Crippen LogP contribution in [0.4, 0.5) is 0 Å². The molecule has 0 saturated carbocycles. The zero-order chi connectivity index (χ0) is 11.5. The first-order chi connectivity index (χ1) is 6.93. The van der Waals surface area contributed by atoms with Crippen molar-refractivity contribution in [3.63, 3.8) is 0 Å². The van der Waals surface area contributed by atoms with E-state index in [1.807, 2.05) is 0 Å². The van der Waals surface area contributed by atoms with Crippen LogP contribution in [0.3, 0.4) is 0 Å². The smallest absolute Gasteiger partial charge is 0.319 e. The number of esters is 1. The molecule has 0 aliphatic carbocycles. The summed E-state index contributed by atoms with van der Waals surface area (Å²) in [6.45, 7) is 9.40. The Labute approximate surface area is 92.8 Å². The molecule has 0 aromatic rings. The molecule has 1 fully saturated rings. The highest BCUT2D eigenvalue weighted by Crippen LogP contribution is 2.34. The van der Waals surface area contributed by atoms with E-state index in [-0.39, 0.29) is 5.97 Å². The van der Waals surface area contributed by atoms with E-state index in [2.05, 4.69) is 30.4 Å². The summed E-state index contributed by atoms with van der Waals surface area (Å²) in [6, 6.07) is 0. The van der Waals surface area contributed by atoms with E-state index in [0.717, 1.165) is 19.0 Å². The Hall–Kier alpha value is -0.570. The Kier molecular flexibility index (Phi) is 4.14. The number of piperidine rings is 1. The minimum Gasteiger partial charge on any atom is -0.468 e. The van der Waals surface area contributed by atoms with E-state index in [1.165, 1.54) is 20.0 Å². The summed E-state index contributed by atoms with van der Waals surface area (Å²) in [5, 5.41) is 0. The maximum absolute atomic E-state index is 11.1. The largest absolute Gasteiger partial charge is 0.468 e. The van der Waals surface area contributed by atoms with Crippen molar-refractivity contribution in [2.24, 2.45) is 11.3 Å². The second-order valence-electron chi connectivity index (χ2n) is 5.49. The molecule has 0 amide bonds. The molecule has 1 heterocycles. The molecule has 1 aliphatic heterocycles. The van der Waals surface area contributed by atoms with Gasteiger partial charge in [-0.2, -0.15) is 0 Å². The molecule has 0 bridgehead atoms. The molecule has 3 nitrogen and oxygen atoms in total. The summed E-state index contributed by atoms with van der Waals surface area (Å²) < 4.78 is 4.67. The van der Waals surface area contributed by atoms with Gasteiger partial charge in [-0.15, -0.1) is 0 Å². The Morgan fingerprint density at radius 1 is 1.33 bits per heavy atom. The molecule has 0 radical (unpaired) electrons. The number of nitrogens with zero attached hydrogens (tertiary/aromatic N) is 1. The van der Waals surface area contributed by atoms with Gasteiger partial charge in [0.05, 0.1) is 13.7 Å². The lowest BCUT2D eigenvalue weighted by Gasteiger charge is -2.38. The van der Waals surface area contributed by atoms with Crippen LogP contribution < -0.4 is 0 Å². The Morgan fingerprint density at radius 2 is 1.87 bits per heavy atom. The first-order valence-corrected chi connectivity index (χ1v) is 5.72. The standard InChI is InChI=1S/C12H23NO2/c1-12(2,3)10-5-7-13(8-6-10)9-11(14)15-4/h10H,5-9H2,1-4H3. The zero-order valence-electron chi connectivity index (χ0n) is 10.4. The Morgan fingerprint density at radius 3 is 2.27 bits per heavy atom. The number of methoxy groups -OCH3 is 1. The van der Waals surface area contributed by atoms with Gasteiger partial charge in [0.1, 0.15) is 0 Å². The zero-order valence-corrected chi connectivity index (χ0v) is 10.4. The van der Waals surface area contributed by atoms with Crippen molar-refractivity contribution in [3.05, 3.63) is 0 Å². The van der Waals surface area contributed by atoms with Crippen LogP contribution >= 0.6 is 0 Å². The molecule has 1 aliphatic rings. The summed E-state index contributed by atoms with van der Waals surface area (Å²) in [6.07, 6.45) is 2.39. The molecule has 0 spiro atoms. The molecule has 1 saturated heterocycles. The lowest BCUT2D eigenvalue weighted by atomic mass is 9.75. The second-order valence-corrected chi connectivity index (χ2v) is 5.49. The van der Waals surface area contributed by atoms with Crippen LogP contribution in [0.5, 0.6) is 0 Å². The van der Waals surface area contributed by atoms with Crippen LogP contribution in [0.1, 0.15) is 33.6 Å². The van der Waals surface area contributed by atoms with Gasteiger partial charge in [-0.05, 0) is 37.3 Å². The van der Waals surface area contributed by atoms with Crippen molar-refractivity contribution in [3.8, 4) is 0 Å². The van der Waals surface area contributed by atoms with E-state index in [4.69, 9.17) is 0 Å². The van der Waals surface area contributed by atoms with Crippen LogP contribution in [0.15, 0.2) is 0 Å². The first kappa shape index (κ1) is 12.5. The van der Waals surface area contributed by atoms with Gasteiger partial charge in [0.15, 0.2) is 0 Å². The van der Waals surface area contributed by atoms with Crippen LogP contribution in [-0.4, -0.2) is 37.6 Å². The molecule has 0 aromatic heterocycles. The Bertz CT molecular complexity index is 212. The second kappa shape index (κ2) is 4.97. The lowest BCUT2D eigenvalue weighted by molar-refractivity contribution is -0.142. The molecule has 0 aromatic carbocycles. The third-order valence-electron chi connectivity index (χ3n) is 3.39. The molecule has 0 N–H and O–H groups in total. The van der Waals surface area contributed by atoms with E-state index in [9.17, 15) is 4.79 Å². The molecular weight excluding hydrogens is 190 g/mol. The number of rotatable bonds is 2. The Balaban J connectivity index is 2.33. The molecule has 1 rings (SSSR count). The molecule has 3 heteroatoms. The molecule has 0 atom stereocenters. The summed E-state index contributed by atoms with van der Waals surface area (Å²) in [5.74, 6) is 0.663. The van der Waals surface area contributed by atoms with E-state index in [1.54, 1.807) is 0 Å². The lowest BCUT2D eigenvalue weighted by Crippen LogP contribution is -2.40. The third kappa shape index (κ3) is 3.82. The number of hydrogen-bond acceptors (Lipinski definition) is 3. The third-order valence-corrected chi connectivity index (χ3v) is 3.39. The maximum Gasteiger partial charge on any atom is 0.319 e. The number of likely N-dealkylation sites (tertiary alicyclic amines) is 1. The van der Waals surface area contributed by atoms with Gasteiger partial charge in [-0.1, -0.05) is 20.8 Å². The van der Waals surface area contributed by atoms with Gasteiger partial charge < -0.3 is 4.74 Å². The van der Waals surface area contributed by atoms with Gasteiger partial charge in [-0.3, -0.25) is 9.69 Å². The fraction of sp³-hybridized carbons (Fsp3) is 0.917. The SMILES string of the molecule is COC(=O)CN1CCC(C(C)(C)C)CC1. The predicted octanol–water partition coefficient (Wildman–Crippen LogP) is 1.92. The van der Waals surface area contributed by atoms with Crippen molar-refractivity contribution in [2.75, 3.05) is 26.7 Å². The number of carbonyl (C=O) groups excluding carboxylic acids is 1. The average Bonchev–Trinajstić information content (AvgIpc) is 2.17. The van der Waals surface area contributed by atoms with Gasteiger partial charge >= 0.3 is 5.97 Å². The maximum atomic E-state index is 11.1. The highest BCUT2D eigenvalue weighted by Gasteiger charge is 2.29. The number of carbonyl (C=O) groups is 1. The normalized spacial score (nSPS) is 20.3. The molecular formula is C12H23NO2. The fourth-order valence-corrected chi connectivity index (χ4v) is 2.20. The molecule has 15 heavy (non-hydrogen) atoms. The topological polar surface area (TPSA) is 29.5 Å². The average molecular weight is 213 g/mol. The monoisotopic (exact) mass is 213 g/mol. The van der Waals surface area contributed by atoms with E-state index < -0.39 is 0 Å². The minimum atomic E-state index is -0.121. The van der Waals surface area contributed by atoms with Crippen LogP contribution in [0, 0.1) is 11.3 Å². The van der Waals surface area contributed by atoms with Gasteiger partial charge in [0.2, 0.25) is 0 Å². The van der Waals surface area contributed by atoms with E-state index >= 15 is 0 Å². The van der Waals surface area contributed by atoms with Gasteiger partial charge in [0.25, 0.3) is 0 Å². The summed E-state index contributed by atoms with van der Waals surface area (Å²) in [5.41, 5.74) is 0.400. The predicted molar refractivity (Wildman–Crippen MR) is 60.6 cm³/mol. The van der Waals surface area contributed by atoms with Crippen molar-refractivity contribution in [2.45, 2.75) is 33.6 Å². The molecule has 0 unspecified atom stereocenters. The quantitative estimate of drug-likeness (QED) is 0.656. The number of hydrogen-bond donors (Lipinski definition) is 0. The highest BCUT2D eigenvalue weighted by atomic mass is 16.5. The van der Waals surface area contributed by atoms with Crippen molar-refractivity contribution < 1.29 is 9.53 Å². The van der Waals surface area contributed by atoms with Crippen molar-refractivity contribution in [1.29, 1.82) is 0 Å². The summed E-state index contributed by atoms with van der Waals surface area (Å²) in [4.78, 5) is 13.3. The highest BCUT2D eigenvalue weighted by molar-refractivity contribution is 5.71. The first-order valence-electron chi connectivity index (χ1n) is 5.72. The van der Waals surface area contributed by atoms with Crippen LogP contribution in [0.25, 0.3) is 0 Å². The van der Waals surface area contributed by atoms with Crippen LogP contribution in [0.2, 0.25) is 0 Å². The van der Waals surface area contributed by atoms with Gasteiger partial charge in [0, 0.05) is 0 Å². The van der Waals surface area contributed by atoms with E-state index in [0.29, 0.717) is 12.0 Å². The van der Waals surface area contributed by atoms with Crippen LogP contribution in [-0.2, 0) is 9.53 Å². The van der Waals surface area contributed by atoms with Crippen molar-refractivity contribution in [1.82, 2.24) is 4.90 Å².